The van der Waals surface area contributed by atoms with Crippen LogP contribution in [0.1, 0.15) is 45.4 Å². The quantitative estimate of drug-likeness (QED) is 0.828. The van der Waals surface area contributed by atoms with Gasteiger partial charge < -0.3 is 5.32 Å². The van der Waals surface area contributed by atoms with E-state index in [1.54, 1.807) is 6.07 Å². The van der Waals surface area contributed by atoms with Gasteiger partial charge in [-0.3, -0.25) is 0 Å². The van der Waals surface area contributed by atoms with Crippen molar-refractivity contribution in [1.82, 2.24) is 0 Å². The molecule has 1 nitrogen and oxygen atoms in total. The molecule has 0 radical (unpaired) electrons. The molecular weight excluding hydrogens is 268 g/mol. The molecule has 0 aliphatic heterocycles. The summed E-state index contributed by atoms with van der Waals surface area (Å²) < 4.78 is 26.4. The predicted molar refractivity (Wildman–Crippen MR) is 80.0 cm³/mol. The van der Waals surface area contributed by atoms with Gasteiger partial charge in [0.05, 0.1) is 0 Å². The maximum Gasteiger partial charge on any atom is 0.160 e. The van der Waals surface area contributed by atoms with E-state index in [1.165, 1.54) is 50.7 Å². The average molecular weight is 291 g/mol. The molecule has 21 heavy (non-hydrogen) atoms. The summed E-state index contributed by atoms with van der Waals surface area (Å²) in [5, 5.41) is 3.46. The van der Waals surface area contributed by atoms with Crippen molar-refractivity contribution >= 4 is 5.69 Å². The average Bonchev–Trinajstić information content (AvgIpc) is 2.41. The van der Waals surface area contributed by atoms with E-state index in [0.717, 1.165) is 17.8 Å². The Morgan fingerprint density at radius 1 is 1.00 bits per heavy atom. The molecule has 4 aliphatic rings. The van der Waals surface area contributed by atoms with Crippen LogP contribution in [0.15, 0.2) is 18.2 Å². The molecule has 0 heterocycles. The van der Waals surface area contributed by atoms with Crippen LogP contribution in [-0.4, -0.2) is 6.04 Å². The molecule has 0 saturated heterocycles. The minimum absolute atomic E-state index is 0.329. The van der Waals surface area contributed by atoms with Gasteiger partial charge in [-0.1, -0.05) is 0 Å². The molecule has 1 aromatic carbocycles. The molecule has 1 aromatic rings. The van der Waals surface area contributed by atoms with E-state index in [-0.39, 0.29) is 0 Å². The predicted octanol–water partition coefficient (Wildman–Crippen LogP) is 4.98. The van der Waals surface area contributed by atoms with Crippen LogP contribution in [0.5, 0.6) is 0 Å². The summed E-state index contributed by atoms with van der Waals surface area (Å²) in [4.78, 5) is 0. The van der Waals surface area contributed by atoms with Gasteiger partial charge in [0, 0.05) is 17.8 Å². The summed E-state index contributed by atoms with van der Waals surface area (Å²) in [5.41, 5.74) is 1.08. The highest BCUT2D eigenvalue weighted by atomic mass is 19.2. The van der Waals surface area contributed by atoms with Crippen LogP contribution in [-0.2, 0) is 0 Å². The first kappa shape index (κ1) is 13.5. The van der Waals surface area contributed by atoms with Gasteiger partial charge in [0.15, 0.2) is 11.6 Å². The van der Waals surface area contributed by atoms with Gasteiger partial charge in [-0.25, -0.2) is 8.78 Å². The van der Waals surface area contributed by atoms with E-state index in [0.29, 0.717) is 17.1 Å². The molecule has 0 spiro atoms. The van der Waals surface area contributed by atoms with Crippen LogP contribution in [0.3, 0.4) is 0 Å². The second-order valence-corrected chi connectivity index (χ2v) is 7.77. The van der Waals surface area contributed by atoms with Crippen LogP contribution >= 0.6 is 0 Å². The Hall–Kier alpha value is -1.12. The molecule has 4 saturated carbocycles. The van der Waals surface area contributed by atoms with Crippen LogP contribution in [0.25, 0.3) is 0 Å². The Kier molecular flexibility index (Phi) is 3.02. The fraction of sp³-hybridized carbons (Fsp3) is 0.667. The van der Waals surface area contributed by atoms with Crippen molar-refractivity contribution in [3.05, 3.63) is 29.8 Å². The minimum atomic E-state index is -0.775. The Balaban J connectivity index is 1.54. The van der Waals surface area contributed by atoms with Gasteiger partial charge in [0.25, 0.3) is 0 Å². The fourth-order valence-corrected chi connectivity index (χ4v) is 5.70. The third kappa shape index (κ3) is 2.25. The molecular formula is C18H23F2N. The molecule has 0 amide bonds. The van der Waals surface area contributed by atoms with Crippen LogP contribution in [0, 0.1) is 34.8 Å². The number of halogens is 2. The first-order valence-electron chi connectivity index (χ1n) is 8.26. The monoisotopic (exact) mass is 291 g/mol. The molecule has 1 atom stereocenters. The van der Waals surface area contributed by atoms with E-state index in [4.69, 9.17) is 0 Å². The SMILES string of the molecule is CC(Nc1ccc(F)c(F)c1)C12CC3CC(CC(C3)C1)C2. The smallest absolute Gasteiger partial charge is 0.160 e. The van der Waals surface area contributed by atoms with Gasteiger partial charge >= 0.3 is 0 Å². The summed E-state index contributed by atoms with van der Waals surface area (Å²) in [5.74, 6) is 1.18. The molecule has 4 aliphatic carbocycles. The standard InChI is InChI=1S/C18H23F2N/c1-11(21-15-2-3-16(19)17(20)7-15)18-8-12-4-13(9-18)6-14(5-12)10-18/h2-3,7,11-14,21H,4-6,8-10H2,1H3. The van der Waals surface area contributed by atoms with E-state index >= 15 is 0 Å². The zero-order valence-corrected chi connectivity index (χ0v) is 12.5. The number of hydrogen-bond acceptors (Lipinski definition) is 1. The number of hydrogen-bond donors (Lipinski definition) is 1. The fourth-order valence-electron chi connectivity index (χ4n) is 5.70. The minimum Gasteiger partial charge on any atom is -0.382 e. The molecule has 0 aromatic heterocycles. The zero-order valence-electron chi connectivity index (χ0n) is 12.5. The normalized spacial score (nSPS) is 38.5. The van der Waals surface area contributed by atoms with E-state index in [9.17, 15) is 8.78 Å². The maximum absolute atomic E-state index is 13.4. The lowest BCUT2D eigenvalue weighted by Gasteiger charge is -2.59. The third-order valence-electron chi connectivity index (χ3n) is 6.31. The molecule has 4 fully saturated rings. The molecule has 114 valence electrons. The molecule has 4 bridgehead atoms. The second kappa shape index (κ2) is 4.69. The Bertz CT molecular complexity index is 519. The highest BCUT2D eigenvalue weighted by Crippen LogP contribution is 2.61. The largest absolute Gasteiger partial charge is 0.382 e. The topological polar surface area (TPSA) is 12.0 Å². The van der Waals surface area contributed by atoms with Crippen molar-refractivity contribution < 1.29 is 8.78 Å². The van der Waals surface area contributed by atoms with Gasteiger partial charge in [-0.05, 0) is 80.8 Å². The zero-order chi connectivity index (χ0) is 14.6. The van der Waals surface area contributed by atoms with E-state index < -0.39 is 11.6 Å². The second-order valence-electron chi connectivity index (χ2n) is 7.77. The van der Waals surface area contributed by atoms with Gasteiger partial charge in [-0.2, -0.15) is 0 Å². The maximum atomic E-state index is 13.4. The van der Waals surface area contributed by atoms with Crippen molar-refractivity contribution in [3.8, 4) is 0 Å². The lowest BCUT2D eigenvalue weighted by Crippen LogP contribution is -2.52. The van der Waals surface area contributed by atoms with Crippen LogP contribution < -0.4 is 5.32 Å². The Morgan fingerprint density at radius 2 is 1.57 bits per heavy atom. The third-order valence-corrected chi connectivity index (χ3v) is 6.31. The molecule has 1 unspecified atom stereocenters. The summed E-state index contributed by atoms with van der Waals surface area (Å²) in [7, 11) is 0. The van der Waals surface area contributed by atoms with Crippen molar-refractivity contribution in [3.63, 3.8) is 0 Å². The summed E-state index contributed by atoms with van der Waals surface area (Å²) in [6.07, 6.45) is 8.23. The molecule has 3 heteroatoms. The van der Waals surface area contributed by atoms with Crippen molar-refractivity contribution in [2.24, 2.45) is 23.2 Å². The highest BCUT2D eigenvalue weighted by Gasteiger charge is 2.53. The van der Waals surface area contributed by atoms with Gasteiger partial charge in [-0.15, -0.1) is 0 Å². The van der Waals surface area contributed by atoms with Crippen LogP contribution in [0.4, 0.5) is 14.5 Å². The number of benzene rings is 1. The van der Waals surface area contributed by atoms with Gasteiger partial charge in [0.1, 0.15) is 0 Å². The van der Waals surface area contributed by atoms with Gasteiger partial charge in [0.2, 0.25) is 0 Å². The first-order valence-corrected chi connectivity index (χ1v) is 8.26. The van der Waals surface area contributed by atoms with Crippen LogP contribution in [0.2, 0.25) is 0 Å². The summed E-state index contributed by atoms with van der Waals surface area (Å²) in [6, 6.07) is 4.47. The van der Waals surface area contributed by atoms with E-state index in [2.05, 4.69) is 12.2 Å². The van der Waals surface area contributed by atoms with E-state index in [1.807, 2.05) is 0 Å². The molecule has 1 N–H and O–H groups in total. The lowest BCUT2D eigenvalue weighted by atomic mass is 9.48. The van der Waals surface area contributed by atoms with Crippen molar-refractivity contribution in [2.45, 2.75) is 51.5 Å². The number of rotatable bonds is 3. The summed E-state index contributed by atoms with van der Waals surface area (Å²) >= 11 is 0. The first-order chi connectivity index (χ1) is 10.0. The van der Waals surface area contributed by atoms with Crippen molar-refractivity contribution in [2.75, 3.05) is 5.32 Å². The number of anilines is 1. The highest BCUT2D eigenvalue weighted by molar-refractivity contribution is 5.45. The summed E-state index contributed by atoms with van der Waals surface area (Å²) in [6.45, 7) is 2.23. The Labute approximate surface area is 125 Å². The lowest BCUT2D eigenvalue weighted by molar-refractivity contribution is -0.0602. The van der Waals surface area contributed by atoms with Crippen molar-refractivity contribution in [1.29, 1.82) is 0 Å². The Morgan fingerprint density at radius 3 is 2.10 bits per heavy atom. The number of nitrogens with one attached hydrogen (secondary N) is 1. The molecule has 5 rings (SSSR count).